The van der Waals surface area contributed by atoms with Gasteiger partial charge in [-0.25, -0.2) is 4.79 Å². The summed E-state index contributed by atoms with van der Waals surface area (Å²) < 4.78 is 10.4. The van der Waals surface area contributed by atoms with E-state index < -0.39 is 66.3 Å². The first-order chi connectivity index (χ1) is 17.0. The van der Waals surface area contributed by atoms with Crippen LogP contribution in [0.15, 0.2) is 0 Å². The zero-order valence-corrected chi connectivity index (χ0v) is 20.1. The number of ether oxygens (including phenoxy) is 2. The number of urea groups is 1. The van der Waals surface area contributed by atoms with E-state index in [4.69, 9.17) is 14.6 Å². The van der Waals surface area contributed by atoms with Crippen molar-refractivity contribution >= 4 is 35.6 Å². The molecular formula is C20H34N6O10. The minimum atomic E-state index is -1.43. The van der Waals surface area contributed by atoms with Gasteiger partial charge in [0.2, 0.25) is 11.8 Å². The van der Waals surface area contributed by atoms with Crippen molar-refractivity contribution < 1.29 is 48.5 Å². The predicted octanol–water partition coefficient (Wildman–Crippen LogP) is -3.53. The highest BCUT2D eigenvalue weighted by Crippen LogP contribution is 2.00. The molecule has 0 aromatic rings. The topological polar surface area (TPSA) is 234 Å². The van der Waals surface area contributed by atoms with Crippen molar-refractivity contribution in [2.75, 3.05) is 33.0 Å². The normalized spacial score (nSPS) is 25.0. The number of aliphatic hydroxyl groups excluding tert-OH is 1. The van der Waals surface area contributed by atoms with Gasteiger partial charge in [-0.3, -0.25) is 34.8 Å². The molecule has 1 saturated heterocycles. The maximum atomic E-state index is 12.6. The molecule has 1 heterocycles. The number of amides is 6. The van der Waals surface area contributed by atoms with E-state index in [1.165, 1.54) is 6.92 Å². The van der Waals surface area contributed by atoms with Crippen LogP contribution in [0.4, 0.5) is 4.79 Å². The van der Waals surface area contributed by atoms with E-state index in [9.17, 15) is 33.9 Å². The SMILES string of the molecule is CC[C@@H]1NC(=O)COCCOCCNC(=O)[C@H](C(C)O)NC(=O)N[C@@H](CCC(=O)O)C(=O)NNC1=O. The summed E-state index contributed by atoms with van der Waals surface area (Å²) >= 11 is 0. The Morgan fingerprint density at radius 1 is 0.944 bits per heavy atom. The Hall–Kier alpha value is -3.50. The van der Waals surface area contributed by atoms with Crippen molar-refractivity contribution in [3.05, 3.63) is 0 Å². The Labute approximate surface area is 207 Å². The summed E-state index contributed by atoms with van der Waals surface area (Å²) in [4.78, 5) is 72.7. The maximum absolute atomic E-state index is 12.6. The van der Waals surface area contributed by atoms with Gasteiger partial charge >= 0.3 is 12.0 Å². The van der Waals surface area contributed by atoms with Gasteiger partial charge in [0.1, 0.15) is 24.7 Å². The molecule has 0 spiro atoms. The molecule has 0 aromatic carbocycles. The van der Waals surface area contributed by atoms with E-state index >= 15 is 0 Å². The molecule has 0 saturated carbocycles. The maximum Gasteiger partial charge on any atom is 0.316 e. The molecule has 0 aliphatic carbocycles. The van der Waals surface area contributed by atoms with Crippen molar-refractivity contribution in [2.24, 2.45) is 0 Å². The Bertz CT molecular complexity index is 793. The number of carboxylic acid groups (broad SMARTS) is 1. The molecule has 0 bridgehead atoms. The molecule has 0 radical (unpaired) electrons. The van der Waals surface area contributed by atoms with Crippen LogP contribution in [0, 0.1) is 0 Å². The number of nitrogens with one attached hydrogen (secondary N) is 6. The molecule has 0 aromatic heterocycles. The summed E-state index contributed by atoms with van der Waals surface area (Å²) in [6.07, 6.45) is -1.98. The monoisotopic (exact) mass is 518 g/mol. The zero-order chi connectivity index (χ0) is 27.1. The van der Waals surface area contributed by atoms with Gasteiger partial charge in [-0.15, -0.1) is 0 Å². The lowest BCUT2D eigenvalue weighted by Crippen LogP contribution is -2.60. The molecule has 16 heteroatoms. The van der Waals surface area contributed by atoms with Gasteiger partial charge in [-0.05, 0) is 19.8 Å². The zero-order valence-electron chi connectivity index (χ0n) is 20.1. The van der Waals surface area contributed by atoms with Crippen LogP contribution in [-0.4, -0.2) is 103 Å². The minimum Gasteiger partial charge on any atom is -0.481 e. The van der Waals surface area contributed by atoms with E-state index in [1.807, 2.05) is 0 Å². The number of carbonyl (C=O) groups is 6. The quantitative estimate of drug-likeness (QED) is 0.179. The van der Waals surface area contributed by atoms with Crippen molar-refractivity contribution in [1.29, 1.82) is 0 Å². The van der Waals surface area contributed by atoms with Crippen LogP contribution in [0.5, 0.6) is 0 Å². The van der Waals surface area contributed by atoms with Crippen LogP contribution in [0.1, 0.15) is 33.1 Å². The third kappa shape index (κ3) is 11.8. The summed E-state index contributed by atoms with van der Waals surface area (Å²) in [7, 11) is 0. The highest BCUT2D eigenvalue weighted by atomic mass is 16.5. The number of hydrazine groups is 1. The smallest absolute Gasteiger partial charge is 0.316 e. The number of hydrogen-bond donors (Lipinski definition) is 8. The fourth-order valence-corrected chi connectivity index (χ4v) is 2.91. The van der Waals surface area contributed by atoms with Crippen molar-refractivity contribution in [2.45, 2.75) is 57.3 Å². The molecule has 6 amide bonds. The number of aliphatic hydroxyl groups is 1. The molecular weight excluding hydrogens is 484 g/mol. The molecule has 4 atom stereocenters. The van der Waals surface area contributed by atoms with Gasteiger partial charge in [-0.2, -0.15) is 0 Å². The standard InChI is InChI=1S/C20H34N6O10/c1-3-12-17(31)25-26-18(32)13(4-5-15(29)30)23-20(34)24-16(11(2)27)19(33)21-6-7-35-8-9-36-10-14(28)22-12/h11-13,16,27H,3-10H2,1-2H3,(H,21,33)(H,22,28)(H,25,31)(H,26,32)(H,29,30)(H2,23,24,34)/t11?,12-,13-,16-/m0/s1. The van der Waals surface area contributed by atoms with Crippen LogP contribution >= 0.6 is 0 Å². The van der Waals surface area contributed by atoms with Crippen LogP contribution in [0.3, 0.4) is 0 Å². The fourth-order valence-electron chi connectivity index (χ4n) is 2.91. The second kappa shape index (κ2) is 16.2. The van der Waals surface area contributed by atoms with E-state index in [0.29, 0.717) is 0 Å². The van der Waals surface area contributed by atoms with Gasteiger partial charge in [0, 0.05) is 13.0 Å². The van der Waals surface area contributed by atoms with Gasteiger partial charge in [0.15, 0.2) is 0 Å². The van der Waals surface area contributed by atoms with Gasteiger partial charge in [0.25, 0.3) is 11.8 Å². The number of aliphatic carboxylic acids is 1. The molecule has 1 unspecified atom stereocenters. The first-order valence-electron chi connectivity index (χ1n) is 11.3. The summed E-state index contributed by atoms with van der Waals surface area (Å²) in [6.45, 7) is 2.85. The van der Waals surface area contributed by atoms with Crippen molar-refractivity contribution in [3.63, 3.8) is 0 Å². The summed E-state index contributed by atoms with van der Waals surface area (Å²) in [5.74, 6) is -4.27. The molecule has 204 valence electrons. The summed E-state index contributed by atoms with van der Waals surface area (Å²) in [5.41, 5.74) is 4.19. The van der Waals surface area contributed by atoms with Crippen LogP contribution in [0.2, 0.25) is 0 Å². The predicted molar refractivity (Wildman–Crippen MR) is 121 cm³/mol. The molecule has 1 rings (SSSR count). The average Bonchev–Trinajstić information content (AvgIpc) is 2.82. The Morgan fingerprint density at radius 2 is 1.58 bits per heavy atom. The third-order valence-electron chi connectivity index (χ3n) is 4.84. The third-order valence-corrected chi connectivity index (χ3v) is 4.84. The van der Waals surface area contributed by atoms with Crippen LogP contribution < -0.4 is 32.1 Å². The average molecular weight is 519 g/mol. The van der Waals surface area contributed by atoms with E-state index in [1.54, 1.807) is 6.92 Å². The molecule has 1 aliphatic rings. The molecule has 1 fully saturated rings. The number of hydrogen-bond acceptors (Lipinski definition) is 9. The number of carbonyl (C=O) groups excluding carboxylic acids is 5. The minimum absolute atomic E-state index is 0.0431. The van der Waals surface area contributed by atoms with E-state index in [2.05, 4.69) is 32.1 Å². The van der Waals surface area contributed by atoms with Gasteiger partial charge < -0.3 is 41.0 Å². The lowest BCUT2D eigenvalue weighted by atomic mass is 10.1. The number of rotatable bonds is 5. The first kappa shape index (κ1) is 30.5. The van der Waals surface area contributed by atoms with Crippen LogP contribution in [-0.2, 0) is 33.4 Å². The second-order valence-corrected chi connectivity index (χ2v) is 7.78. The Balaban J connectivity index is 3.00. The largest absolute Gasteiger partial charge is 0.481 e. The highest BCUT2D eigenvalue weighted by Gasteiger charge is 2.29. The van der Waals surface area contributed by atoms with Gasteiger partial charge in [-0.1, -0.05) is 6.92 Å². The Kier molecular flexibility index (Phi) is 13.8. The lowest BCUT2D eigenvalue weighted by Gasteiger charge is -2.24. The lowest BCUT2D eigenvalue weighted by molar-refractivity contribution is -0.137. The molecule has 1 aliphatic heterocycles. The van der Waals surface area contributed by atoms with Crippen LogP contribution in [0.25, 0.3) is 0 Å². The Morgan fingerprint density at radius 3 is 2.19 bits per heavy atom. The fraction of sp³-hybridized carbons (Fsp3) is 0.700. The number of carboxylic acids is 1. The van der Waals surface area contributed by atoms with E-state index in [-0.39, 0.29) is 45.8 Å². The molecule has 36 heavy (non-hydrogen) atoms. The first-order valence-corrected chi connectivity index (χ1v) is 11.3. The van der Waals surface area contributed by atoms with Gasteiger partial charge in [0.05, 0.1) is 25.9 Å². The highest BCUT2D eigenvalue weighted by molar-refractivity contribution is 5.93. The van der Waals surface area contributed by atoms with Crippen molar-refractivity contribution in [1.82, 2.24) is 32.1 Å². The van der Waals surface area contributed by atoms with Crippen molar-refractivity contribution in [3.8, 4) is 0 Å². The molecule has 16 nitrogen and oxygen atoms in total. The summed E-state index contributed by atoms with van der Waals surface area (Å²) in [5, 5.41) is 28.2. The second-order valence-electron chi connectivity index (χ2n) is 7.78. The molecule has 8 N–H and O–H groups in total. The summed E-state index contributed by atoms with van der Waals surface area (Å²) in [6, 6.07) is -4.87. The van der Waals surface area contributed by atoms with E-state index in [0.717, 1.165) is 0 Å².